The van der Waals surface area contributed by atoms with Crippen LogP contribution < -0.4 is 0 Å². The monoisotopic (exact) mass is 279 g/mol. The minimum Gasteiger partial charge on any atom is -0.508 e. The van der Waals surface area contributed by atoms with Crippen molar-refractivity contribution in [2.45, 2.75) is 38.4 Å². The summed E-state index contributed by atoms with van der Waals surface area (Å²) in [6.07, 6.45) is -1.07. The molecule has 0 aliphatic carbocycles. The van der Waals surface area contributed by atoms with Gasteiger partial charge in [0, 0.05) is 12.5 Å². The van der Waals surface area contributed by atoms with Crippen molar-refractivity contribution in [1.82, 2.24) is 4.90 Å². The first kappa shape index (κ1) is 14.7. The third-order valence-electron chi connectivity index (χ3n) is 3.24. The minimum atomic E-state index is -0.649. The Morgan fingerprint density at radius 2 is 2.05 bits per heavy atom. The van der Waals surface area contributed by atoms with Crippen molar-refractivity contribution in [3.63, 3.8) is 0 Å². The highest BCUT2D eigenvalue weighted by atomic mass is 16.6. The van der Waals surface area contributed by atoms with E-state index in [2.05, 4.69) is 0 Å². The quantitative estimate of drug-likeness (QED) is 0.826. The summed E-state index contributed by atoms with van der Waals surface area (Å²) in [5, 5.41) is 19.6. The molecule has 5 nitrogen and oxygen atoms in total. The summed E-state index contributed by atoms with van der Waals surface area (Å²) < 4.78 is 5.30. The van der Waals surface area contributed by atoms with E-state index in [1.54, 1.807) is 18.2 Å². The Morgan fingerprint density at radius 3 is 2.65 bits per heavy atom. The number of ether oxygens (including phenoxy) is 1. The highest BCUT2D eigenvalue weighted by Gasteiger charge is 2.36. The van der Waals surface area contributed by atoms with Gasteiger partial charge >= 0.3 is 6.09 Å². The lowest BCUT2D eigenvalue weighted by molar-refractivity contribution is 0.0270. The van der Waals surface area contributed by atoms with Crippen LogP contribution in [-0.4, -0.2) is 46.0 Å². The van der Waals surface area contributed by atoms with Crippen LogP contribution in [0.25, 0.3) is 0 Å². The van der Waals surface area contributed by atoms with Crippen molar-refractivity contribution in [1.29, 1.82) is 0 Å². The second-order valence-corrected chi connectivity index (χ2v) is 6.15. The summed E-state index contributed by atoms with van der Waals surface area (Å²) in [7, 11) is 0. The van der Waals surface area contributed by atoms with Crippen LogP contribution in [0.4, 0.5) is 4.79 Å². The molecule has 2 rings (SSSR count). The summed E-state index contributed by atoms with van der Waals surface area (Å²) in [6, 6.07) is 6.77. The molecule has 0 radical (unpaired) electrons. The Kier molecular flexibility index (Phi) is 3.90. The first-order valence-electron chi connectivity index (χ1n) is 6.71. The molecular weight excluding hydrogens is 258 g/mol. The zero-order valence-electron chi connectivity index (χ0n) is 12.0. The first-order valence-corrected chi connectivity index (χ1v) is 6.71. The predicted octanol–water partition coefficient (Wildman–Crippen LogP) is 2.09. The number of β-amino-alcohol motifs (C(OH)–C–C–N with tert-alkyl or cyclic N) is 1. The topological polar surface area (TPSA) is 70.0 Å². The number of carbonyl (C=O) groups is 1. The average Bonchev–Trinajstić information content (AvgIpc) is 2.69. The van der Waals surface area contributed by atoms with E-state index in [1.807, 2.05) is 26.8 Å². The van der Waals surface area contributed by atoms with Gasteiger partial charge in [-0.2, -0.15) is 0 Å². The van der Waals surface area contributed by atoms with Gasteiger partial charge in [0.25, 0.3) is 0 Å². The summed E-state index contributed by atoms with van der Waals surface area (Å²) in [5.41, 5.74) is 0.272. The van der Waals surface area contributed by atoms with Gasteiger partial charge in [-0.1, -0.05) is 12.1 Å². The Morgan fingerprint density at radius 1 is 1.35 bits per heavy atom. The van der Waals surface area contributed by atoms with Gasteiger partial charge in [-0.15, -0.1) is 0 Å². The minimum absolute atomic E-state index is 0.158. The number of hydrogen-bond acceptors (Lipinski definition) is 4. The average molecular weight is 279 g/mol. The van der Waals surface area contributed by atoms with Crippen LogP contribution in [0.15, 0.2) is 24.3 Å². The van der Waals surface area contributed by atoms with Crippen LogP contribution in [0.1, 0.15) is 32.3 Å². The molecule has 1 aliphatic heterocycles. The maximum absolute atomic E-state index is 12.0. The molecule has 0 aromatic heterocycles. The van der Waals surface area contributed by atoms with Crippen molar-refractivity contribution >= 4 is 6.09 Å². The Bertz CT molecular complexity index is 495. The zero-order chi connectivity index (χ0) is 14.9. The number of likely N-dealkylation sites (tertiary alicyclic amines) is 1. The van der Waals surface area contributed by atoms with Gasteiger partial charge in [-0.05, 0) is 38.5 Å². The smallest absolute Gasteiger partial charge is 0.410 e. The lowest BCUT2D eigenvalue weighted by Gasteiger charge is -2.24. The number of phenolic OH excluding ortho intramolecular Hbond substituents is 1. The van der Waals surface area contributed by atoms with Crippen molar-refractivity contribution in [2.75, 3.05) is 13.1 Å². The van der Waals surface area contributed by atoms with Gasteiger partial charge in [-0.25, -0.2) is 4.79 Å². The Labute approximate surface area is 118 Å². The van der Waals surface area contributed by atoms with Crippen molar-refractivity contribution in [2.24, 2.45) is 0 Å². The van der Waals surface area contributed by atoms with E-state index < -0.39 is 17.8 Å². The van der Waals surface area contributed by atoms with Gasteiger partial charge in [0.1, 0.15) is 11.4 Å². The number of benzene rings is 1. The predicted molar refractivity (Wildman–Crippen MR) is 74.7 cm³/mol. The molecule has 1 saturated heterocycles. The van der Waals surface area contributed by atoms with E-state index in [0.717, 1.165) is 5.56 Å². The number of rotatable bonds is 1. The highest BCUT2D eigenvalue weighted by Crippen LogP contribution is 2.30. The van der Waals surface area contributed by atoms with E-state index >= 15 is 0 Å². The third kappa shape index (κ3) is 3.42. The molecule has 0 unspecified atom stereocenters. The molecule has 1 fully saturated rings. The number of aliphatic hydroxyl groups is 1. The molecule has 1 amide bonds. The summed E-state index contributed by atoms with van der Waals surface area (Å²) in [6.45, 7) is 6.06. The summed E-state index contributed by atoms with van der Waals surface area (Å²) in [5.74, 6) is -0.0416. The fourth-order valence-corrected chi connectivity index (χ4v) is 2.35. The van der Waals surface area contributed by atoms with E-state index in [9.17, 15) is 15.0 Å². The molecule has 2 N–H and O–H groups in total. The summed E-state index contributed by atoms with van der Waals surface area (Å²) >= 11 is 0. The SMILES string of the molecule is CC(C)(C)OC(=O)N1C[C@@H](O)[C@H](c2cccc(O)c2)C1. The van der Waals surface area contributed by atoms with Crippen molar-refractivity contribution in [3.05, 3.63) is 29.8 Å². The highest BCUT2D eigenvalue weighted by molar-refractivity contribution is 5.69. The maximum Gasteiger partial charge on any atom is 0.410 e. The molecule has 1 aromatic rings. The second-order valence-electron chi connectivity index (χ2n) is 6.15. The van der Waals surface area contributed by atoms with Gasteiger partial charge in [0.05, 0.1) is 12.6 Å². The van der Waals surface area contributed by atoms with Gasteiger partial charge in [0.2, 0.25) is 0 Å². The van der Waals surface area contributed by atoms with Crippen LogP contribution in [0.2, 0.25) is 0 Å². The number of phenols is 1. The number of aromatic hydroxyl groups is 1. The lowest BCUT2D eigenvalue weighted by atomic mass is 9.96. The van der Waals surface area contributed by atoms with E-state index in [-0.39, 0.29) is 18.2 Å². The molecule has 5 heteroatoms. The lowest BCUT2D eigenvalue weighted by Crippen LogP contribution is -2.35. The molecular formula is C15H21NO4. The van der Waals surface area contributed by atoms with E-state index in [0.29, 0.717) is 6.54 Å². The van der Waals surface area contributed by atoms with Gasteiger partial charge in [0.15, 0.2) is 0 Å². The number of hydrogen-bond donors (Lipinski definition) is 2. The molecule has 20 heavy (non-hydrogen) atoms. The summed E-state index contributed by atoms with van der Waals surface area (Å²) in [4.78, 5) is 13.5. The van der Waals surface area contributed by atoms with Crippen LogP contribution in [-0.2, 0) is 4.74 Å². The van der Waals surface area contributed by atoms with Crippen LogP contribution in [0.5, 0.6) is 5.75 Å². The third-order valence-corrected chi connectivity index (χ3v) is 3.24. The number of amides is 1. The Balaban J connectivity index is 2.07. The number of aliphatic hydroxyl groups excluding tert-OH is 1. The standard InChI is InChI=1S/C15H21NO4/c1-15(2,3)20-14(19)16-8-12(13(18)9-16)10-5-4-6-11(17)7-10/h4-7,12-13,17-18H,8-9H2,1-3H3/t12-,13+/m0/s1. The second kappa shape index (κ2) is 5.32. The van der Waals surface area contributed by atoms with Crippen LogP contribution >= 0.6 is 0 Å². The first-order chi connectivity index (χ1) is 9.26. The fourth-order valence-electron chi connectivity index (χ4n) is 2.35. The van der Waals surface area contributed by atoms with Gasteiger partial charge < -0.3 is 19.8 Å². The molecule has 110 valence electrons. The van der Waals surface area contributed by atoms with E-state index in [1.165, 1.54) is 4.90 Å². The molecule has 0 spiro atoms. The molecule has 1 aliphatic rings. The number of nitrogens with zero attached hydrogens (tertiary/aromatic N) is 1. The molecule has 1 aromatic carbocycles. The van der Waals surface area contributed by atoms with E-state index in [4.69, 9.17) is 4.74 Å². The largest absolute Gasteiger partial charge is 0.508 e. The zero-order valence-corrected chi connectivity index (χ0v) is 12.0. The Hall–Kier alpha value is -1.75. The van der Waals surface area contributed by atoms with Crippen molar-refractivity contribution in [3.8, 4) is 5.75 Å². The molecule has 1 heterocycles. The van der Waals surface area contributed by atoms with Crippen LogP contribution in [0.3, 0.4) is 0 Å². The molecule has 0 bridgehead atoms. The molecule has 0 saturated carbocycles. The maximum atomic E-state index is 12.0. The normalized spacial score (nSPS) is 22.9. The van der Waals surface area contributed by atoms with Crippen LogP contribution in [0, 0.1) is 0 Å². The van der Waals surface area contributed by atoms with Crippen molar-refractivity contribution < 1.29 is 19.7 Å². The molecule has 2 atom stereocenters. The fraction of sp³-hybridized carbons (Fsp3) is 0.533. The van der Waals surface area contributed by atoms with Gasteiger partial charge in [-0.3, -0.25) is 0 Å². The number of carbonyl (C=O) groups excluding carboxylic acids is 1.